The van der Waals surface area contributed by atoms with Crippen molar-refractivity contribution < 1.29 is 4.79 Å². The molecule has 22 heavy (non-hydrogen) atoms. The van der Waals surface area contributed by atoms with Gasteiger partial charge in [0, 0.05) is 18.2 Å². The van der Waals surface area contributed by atoms with E-state index in [0.717, 1.165) is 11.3 Å². The van der Waals surface area contributed by atoms with Crippen molar-refractivity contribution in [2.24, 2.45) is 0 Å². The van der Waals surface area contributed by atoms with Crippen LogP contribution in [0.25, 0.3) is 11.4 Å². The van der Waals surface area contributed by atoms with E-state index in [2.05, 4.69) is 15.3 Å². The number of carbonyl (C=O) groups excluding carboxylic acids is 1. The first-order valence-corrected chi connectivity index (χ1v) is 7.01. The molecule has 0 atom stereocenters. The number of aromatic amines is 1. The molecule has 0 saturated carbocycles. The highest BCUT2D eigenvalue weighted by Crippen LogP contribution is 2.26. The van der Waals surface area contributed by atoms with Crippen LogP contribution in [-0.4, -0.2) is 41.4 Å². The minimum absolute atomic E-state index is 0.175. The van der Waals surface area contributed by atoms with Crippen LogP contribution in [-0.2, 0) is 4.79 Å². The highest BCUT2D eigenvalue weighted by atomic mass is 16.1. The Morgan fingerprint density at radius 1 is 1.41 bits per heavy atom. The molecule has 0 aliphatic rings. The summed E-state index contributed by atoms with van der Waals surface area (Å²) in [6, 6.07) is 7.47. The first-order chi connectivity index (χ1) is 10.5. The maximum Gasteiger partial charge on any atom is 0.248 e. The normalized spacial score (nSPS) is 11.3. The SMILES string of the molecule is Cc1[nH]c(-c2ccccc2NC(=O)/C=C/CN(C)C)nc1N. The minimum Gasteiger partial charge on any atom is -0.382 e. The van der Waals surface area contributed by atoms with Crippen molar-refractivity contribution in [1.29, 1.82) is 0 Å². The third-order valence-corrected chi connectivity index (χ3v) is 3.10. The predicted octanol–water partition coefficient (Wildman–Crippen LogP) is 2.02. The molecule has 0 saturated heterocycles. The first kappa shape index (κ1) is 15.8. The minimum atomic E-state index is -0.175. The number of hydrogen-bond donors (Lipinski definition) is 3. The smallest absolute Gasteiger partial charge is 0.248 e. The van der Waals surface area contributed by atoms with Gasteiger partial charge in [0.2, 0.25) is 5.91 Å². The maximum atomic E-state index is 12.0. The van der Waals surface area contributed by atoms with E-state index in [1.54, 1.807) is 0 Å². The number of nitrogens with one attached hydrogen (secondary N) is 2. The molecule has 1 amide bonds. The Kier molecular flexibility index (Phi) is 4.95. The molecule has 1 aromatic carbocycles. The van der Waals surface area contributed by atoms with Gasteiger partial charge in [-0.25, -0.2) is 4.98 Å². The molecule has 6 heteroatoms. The molecule has 2 aromatic rings. The van der Waals surface area contributed by atoms with E-state index in [0.29, 0.717) is 23.9 Å². The molecule has 0 radical (unpaired) electrons. The number of carbonyl (C=O) groups is 1. The molecule has 6 nitrogen and oxygen atoms in total. The first-order valence-electron chi connectivity index (χ1n) is 7.01. The number of rotatable bonds is 5. The van der Waals surface area contributed by atoms with Gasteiger partial charge in [0.15, 0.2) is 0 Å². The van der Waals surface area contributed by atoms with Gasteiger partial charge in [-0.15, -0.1) is 0 Å². The van der Waals surface area contributed by atoms with E-state index >= 15 is 0 Å². The topological polar surface area (TPSA) is 87.0 Å². The number of nitrogen functional groups attached to an aromatic ring is 1. The van der Waals surface area contributed by atoms with Crippen LogP contribution in [0.5, 0.6) is 0 Å². The fraction of sp³-hybridized carbons (Fsp3) is 0.250. The molecule has 0 aliphatic heterocycles. The molecule has 4 N–H and O–H groups in total. The fourth-order valence-electron chi connectivity index (χ4n) is 1.95. The van der Waals surface area contributed by atoms with Gasteiger partial charge in [0.05, 0.1) is 11.4 Å². The van der Waals surface area contributed by atoms with Gasteiger partial charge >= 0.3 is 0 Å². The van der Waals surface area contributed by atoms with Gasteiger partial charge in [-0.1, -0.05) is 18.2 Å². The van der Waals surface area contributed by atoms with Crippen molar-refractivity contribution in [3.8, 4) is 11.4 Å². The second kappa shape index (κ2) is 6.91. The van der Waals surface area contributed by atoms with Gasteiger partial charge in [-0.2, -0.15) is 0 Å². The van der Waals surface area contributed by atoms with Crippen molar-refractivity contribution in [2.75, 3.05) is 31.7 Å². The lowest BCUT2D eigenvalue weighted by atomic mass is 10.1. The number of para-hydroxylation sites is 1. The van der Waals surface area contributed by atoms with Crippen molar-refractivity contribution in [3.05, 3.63) is 42.1 Å². The lowest BCUT2D eigenvalue weighted by Crippen LogP contribution is -2.13. The average molecular weight is 299 g/mol. The fourth-order valence-corrected chi connectivity index (χ4v) is 1.95. The van der Waals surface area contributed by atoms with Crippen LogP contribution in [0, 0.1) is 6.92 Å². The molecular formula is C16H21N5O. The summed E-state index contributed by atoms with van der Waals surface area (Å²) in [7, 11) is 3.89. The van der Waals surface area contributed by atoms with Gasteiger partial charge in [-0.05, 0) is 33.2 Å². The lowest BCUT2D eigenvalue weighted by Gasteiger charge is -2.08. The monoisotopic (exact) mass is 299 g/mol. The summed E-state index contributed by atoms with van der Waals surface area (Å²) in [6.07, 6.45) is 3.34. The molecule has 0 spiro atoms. The zero-order valence-electron chi connectivity index (χ0n) is 13.1. The van der Waals surface area contributed by atoms with E-state index < -0.39 is 0 Å². The Morgan fingerprint density at radius 3 is 2.77 bits per heavy atom. The van der Waals surface area contributed by atoms with Crippen molar-refractivity contribution in [3.63, 3.8) is 0 Å². The second-order valence-corrected chi connectivity index (χ2v) is 5.30. The number of anilines is 2. The highest BCUT2D eigenvalue weighted by molar-refractivity contribution is 6.01. The highest BCUT2D eigenvalue weighted by Gasteiger charge is 2.11. The van der Waals surface area contributed by atoms with Gasteiger partial charge in [0.25, 0.3) is 0 Å². The Bertz CT molecular complexity index is 668. The van der Waals surface area contributed by atoms with E-state index in [1.165, 1.54) is 6.08 Å². The number of nitrogens with zero attached hydrogens (tertiary/aromatic N) is 2. The molecule has 0 unspecified atom stereocenters. The number of aromatic nitrogens is 2. The number of H-pyrrole nitrogens is 1. The van der Waals surface area contributed by atoms with Crippen LogP contribution < -0.4 is 11.1 Å². The number of benzene rings is 1. The Morgan fingerprint density at radius 2 is 2.14 bits per heavy atom. The third-order valence-electron chi connectivity index (χ3n) is 3.10. The van der Waals surface area contributed by atoms with Crippen LogP contribution in [0.2, 0.25) is 0 Å². The van der Waals surface area contributed by atoms with Crippen LogP contribution in [0.15, 0.2) is 36.4 Å². The van der Waals surface area contributed by atoms with Crippen LogP contribution in [0.1, 0.15) is 5.69 Å². The quantitative estimate of drug-likeness (QED) is 0.737. The molecule has 1 heterocycles. The second-order valence-electron chi connectivity index (χ2n) is 5.30. The van der Waals surface area contributed by atoms with Crippen molar-refractivity contribution in [2.45, 2.75) is 6.92 Å². The van der Waals surface area contributed by atoms with Gasteiger partial charge < -0.3 is 20.9 Å². The standard InChI is InChI=1S/C16H21N5O/c1-11-15(17)20-16(18-11)12-7-4-5-8-13(12)19-14(22)9-6-10-21(2)3/h4-9H,10,17H2,1-3H3,(H,18,20)(H,19,22)/b9-6+. The molecule has 2 rings (SSSR count). The summed E-state index contributed by atoms with van der Waals surface area (Å²) in [4.78, 5) is 21.4. The number of nitrogens with two attached hydrogens (primary N) is 1. The van der Waals surface area contributed by atoms with Crippen LogP contribution in [0.3, 0.4) is 0 Å². The zero-order valence-corrected chi connectivity index (χ0v) is 13.1. The number of amides is 1. The summed E-state index contributed by atoms with van der Waals surface area (Å²) < 4.78 is 0. The molecule has 0 bridgehead atoms. The van der Waals surface area contributed by atoms with E-state index in [-0.39, 0.29) is 5.91 Å². The number of imidazole rings is 1. The predicted molar refractivity (Wildman–Crippen MR) is 89.5 cm³/mol. The molecule has 116 valence electrons. The Labute approximate surface area is 130 Å². The average Bonchev–Trinajstić information content (AvgIpc) is 2.78. The van der Waals surface area contributed by atoms with Crippen molar-refractivity contribution in [1.82, 2.24) is 14.9 Å². The van der Waals surface area contributed by atoms with Crippen LogP contribution in [0.4, 0.5) is 11.5 Å². The van der Waals surface area contributed by atoms with Crippen LogP contribution >= 0.6 is 0 Å². The molecule has 0 aliphatic carbocycles. The van der Waals surface area contributed by atoms with Gasteiger partial charge in [0.1, 0.15) is 11.6 Å². The summed E-state index contributed by atoms with van der Waals surface area (Å²) in [5.74, 6) is 0.927. The van der Waals surface area contributed by atoms with E-state index in [4.69, 9.17) is 5.73 Å². The lowest BCUT2D eigenvalue weighted by molar-refractivity contribution is -0.111. The third kappa shape index (κ3) is 3.95. The van der Waals surface area contributed by atoms with E-state index in [9.17, 15) is 4.79 Å². The largest absolute Gasteiger partial charge is 0.382 e. The summed E-state index contributed by atoms with van der Waals surface area (Å²) in [5.41, 5.74) is 8.08. The number of likely N-dealkylation sites (N-methyl/N-ethyl adjacent to an activating group) is 1. The number of hydrogen-bond acceptors (Lipinski definition) is 4. The van der Waals surface area contributed by atoms with E-state index in [1.807, 2.05) is 56.3 Å². The Hall–Kier alpha value is -2.60. The summed E-state index contributed by atoms with van der Waals surface area (Å²) >= 11 is 0. The number of aryl methyl sites for hydroxylation is 1. The molecular weight excluding hydrogens is 278 g/mol. The Balaban J connectivity index is 2.18. The van der Waals surface area contributed by atoms with Gasteiger partial charge in [-0.3, -0.25) is 4.79 Å². The summed E-state index contributed by atoms with van der Waals surface area (Å²) in [6.45, 7) is 2.57. The molecule has 0 fully saturated rings. The maximum absolute atomic E-state index is 12.0. The zero-order chi connectivity index (χ0) is 16.1. The van der Waals surface area contributed by atoms with Crippen molar-refractivity contribution >= 4 is 17.4 Å². The molecule has 1 aromatic heterocycles. The summed E-state index contributed by atoms with van der Waals surface area (Å²) in [5, 5.41) is 2.87.